The average Bonchev–Trinajstić information content (AvgIpc) is 2.27. The van der Waals surface area contributed by atoms with Crippen LogP contribution < -0.4 is 5.32 Å². The van der Waals surface area contributed by atoms with Gasteiger partial charge < -0.3 is 10.1 Å². The zero-order chi connectivity index (χ0) is 13.8. The quantitative estimate of drug-likeness (QED) is 0.774. The normalized spacial score (nSPS) is 23.2. The molecule has 0 spiro atoms. The van der Waals surface area contributed by atoms with Gasteiger partial charge in [0.05, 0.1) is 23.7 Å². The number of nitrogens with one attached hydrogen (secondary N) is 1. The van der Waals surface area contributed by atoms with E-state index in [0.717, 1.165) is 13.1 Å². The van der Waals surface area contributed by atoms with Crippen LogP contribution in [0.4, 0.5) is 0 Å². The van der Waals surface area contributed by atoms with E-state index in [4.69, 9.17) is 4.74 Å². The van der Waals surface area contributed by atoms with Crippen LogP contribution in [-0.4, -0.2) is 69.8 Å². The van der Waals surface area contributed by atoms with Gasteiger partial charge in [0.25, 0.3) is 0 Å². The number of hydrogen-bond donors (Lipinski definition) is 1. The number of rotatable bonds is 5. The van der Waals surface area contributed by atoms with Crippen LogP contribution in [0, 0.1) is 0 Å². The summed E-state index contributed by atoms with van der Waals surface area (Å²) in [5.74, 6) is 0.219. The Morgan fingerprint density at radius 3 is 2.61 bits per heavy atom. The van der Waals surface area contributed by atoms with Crippen molar-refractivity contribution in [2.24, 2.45) is 0 Å². The zero-order valence-electron chi connectivity index (χ0n) is 11.9. The molecule has 0 saturated carbocycles. The standard InChI is InChI=1S/C12H26N2O3S/c1-12(2,3)18(15,16)8-6-14-5-7-17-10-11(14)9-13-4/h11,13H,5-10H2,1-4H3. The second-order valence-corrected chi connectivity index (χ2v) is 8.62. The topological polar surface area (TPSA) is 58.6 Å². The van der Waals surface area contributed by atoms with E-state index >= 15 is 0 Å². The molecule has 1 heterocycles. The monoisotopic (exact) mass is 278 g/mol. The smallest absolute Gasteiger partial charge is 0.156 e. The Morgan fingerprint density at radius 2 is 2.06 bits per heavy atom. The molecule has 0 aromatic carbocycles. The van der Waals surface area contributed by atoms with E-state index in [-0.39, 0.29) is 11.8 Å². The van der Waals surface area contributed by atoms with Gasteiger partial charge in [0.15, 0.2) is 9.84 Å². The Balaban J connectivity index is 2.56. The first-order valence-electron chi connectivity index (χ1n) is 6.46. The first-order valence-corrected chi connectivity index (χ1v) is 8.12. The highest BCUT2D eigenvalue weighted by molar-refractivity contribution is 7.92. The molecule has 5 nitrogen and oxygen atoms in total. The van der Waals surface area contributed by atoms with Crippen molar-refractivity contribution in [1.82, 2.24) is 10.2 Å². The summed E-state index contributed by atoms with van der Waals surface area (Å²) in [6.07, 6.45) is 0. The van der Waals surface area contributed by atoms with Crippen LogP contribution in [0.1, 0.15) is 20.8 Å². The number of sulfone groups is 1. The number of hydrogen-bond acceptors (Lipinski definition) is 5. The van der Waals surface area contributed by atoms with Crippen molar-refractivity contribution in [2.75, 3.05) is 45.6 Å². The molecule has 0 aromatic heterocycles. The molecule has 0 radical (unpaired) electrons. The molecule has 1 fully saturated rings. The van der Waals surface area contributed by atoms with Gasteiger partial charge in [-0.25, -0.2) is 8.42 Å². The van der Waals surface area contributed by atoms with Gasteiger partial charge in [0.2, 0.25) is 0 Å². The van der Waals surface area contributed by atoms with Gasteiger partial charge in [0, 0.05) is 25.7 Å². The van der Waals surface area contributed by atoms with Gasteiger partial charge in [-0.2, -0.15) is 0 Å². The van der Waals surface area contributed by atoms with E-state index < -0.39 is 14.6 Å². The summed E-state index contributed by atoms with van der Waals surface area (Å²) < 4.78 is 28.9. The zero-order valence-corrected chi connectivity index (χ0v) is 12.7. The Morgan fingerprint density at radius 1 is 1.39 bits per heavy atom. The van der Waals surface area contributed by atoms with Crippen molar-refractivity contribution < 1.29 is 13.2 Å². The molecular weight excluding hydrogens is 252 g/mol. The Hall–Kier alpha value is -0.170. The van der Waals surface area contributed by atoms with E-state index in [9.17, 15) is 8.42 Å². The van der Waals surface area contributed by atoms with E-state index in [1.807, 2.05) is 7.05 Å². The highest BCUT2D eigenvalue weighted by Crippen LogP contribution is 2.17. The minimum absolute atomic E-state index is 0.219. The van der Waals surface area contributed by atoms with Crippen LogP contribution in [-0.2, 0) is 14.6 Å². The molecular formula is C12H26N2O3S. The summed E-state index contributed by atoms with van der Waals surface area (Å²) in [5.41, 5.74) is 0. The summed E-state index contributed by atoms with van der Waals surface area (Å²) in [6, 6.07) is 0.277. The maximum absolute atomic E-state index is 12.1. The third-order valence-corrected chi connectivity index (χ3v) is 5.96. The predicted molar refractivity (Wildman–Crippen MR) is 73.6 cm³/mol. The average molecular weight is 278 g/mol. The fraction of sp³-hybridized carbons (Fsp3) is 1.00. The second-order valence-electron chi connectivity index (χ2n) is 5.75. The van der Waals surface area contributed by atoms with Crippen LogP contribution in [0.3, 0.4) is 0 Å². The van der Waals surface area contributed by atoms with E-state index in [0.29, 0.717) is 19.8 Å². The predicted octanol–water partition coefficient (Wildman–Crippen LogP) is 0.120. The van der Waals surface area contributed by atoms with Gasteiger partial charge in [-0.15, -0.1) is 0 Å². The minimum atomic E-state index is -3.04. The SMILES string of the molecule is CNCC1COCCN1CCS(=O)(=O)C(C)(C)C. The molecule has 0 bridgehead atoms. The van der Waals surface area contributed by atoms with Crippen LogP contribution in [0.2, 0.25) is 0 Å². The van der Waals surface area contributed by atoms with E-state index in [1.54, 1.807) is 20.8 Å². The van der Waals surface area contributed by atoms with Crippen LogP contribution in [0.5, 0.6) is 0 Å². The number of ether oxygens (including phenoxy) is 1. The Kier molecular flexibility index (Phi) is 5.58. The van der Waals surface area contributed by atoms with E-state index in [1.165, 1.54) is 0 Å². The highest BCUT2D eigenvalue weighted by atomic mass is 32.2. The first-order chi connectivity index (χ1) is 8.28. The van der Waals surface area contributed by atoms with Gasteiger partial charge in [0.1, 0.15) is 0 Å². The molecule has 108 valence electrons. The molecule has 1 N–H and O–H groups in total. The number of morpholine rings is 1. The maximum Gasteiger partial charge on any atom is 0.156 e. The molecule has 18 heavy (non-hydrogen) atoms. The lowest BCUT2D eigenvalue weighted by Gasteiger charge is -2.35. The van der Waals surface area contributed by atoms with Crippen molar-refractivity contribution in [2.45, 2.75) is 31.6 Å². The minimum Gasteiger partial charge on any atom is -0.378 e. The van der Waals surface area contributed by atoms with Crippen molar-refractivity contribution >= 4 is 9.84 Å². The summed E-state index contributed by atoms with van der Waals surface area (Å²) in [6.45, 7) is 8.87. The molecule has 0 aliphatic carbocycles. The third kappa shape index (κ3) is 4.19. The number of nitrogens with zero attached hydrogens (tertiary/aromatic N) is 1. The summed E-state index contributed by atoms with van der Waals surface area (Å²) in [7, 11) is -1.14. The Labute approximate surface area is 111 Å². The summed E-state index contributed by atoms with van der Waals surface area (Å²) in [4.78, 5) is 2.21. The lowest BCUT2D eigenvalue weighted by Crippen LogP contribution is -2.51. The molecule has 1 atom stereocenters. The molecule has 1 aliphatic heterocycles. The molecule has 0 aromatic rings. The van der Waals surface area contributed by atoms with Crippen LogP contribution in [0.15, 0.2) is 0 Å². The lowest BCUT2D eigenvalue weighted by molar-refractivity contribution is -0.00317. The molecule has 1 aliphatic rings. The van der Waals surface area contributed by atoms with Crippen molar-refractivity contribution in [3.05, 3.63) is 0 Å². The largest absolute Gasteiger partial charge is 0.378 e. The lowest BCUT2D eigenvalue weighted by atomic mass is 10.2. The van der Waals surface area contributed by atoms with Gasteiger partial charge >= 0.3 is 0 Å². The van der Waals surface area contributed by atoms with Crippen LogP contribution >= 0.6 is 0 Å². The fourth-order valence-corrected chi connectivity index (χ4v) is 3.04. The molecule has 1 unspecified atom stereocenters. The van der Waals surface area contributed by atoms with Crippen molar-refractivity contribution in [1.29, 1.82) is 0 Å². The highest BCUT2D eigenvalue weighted by Gasteiger charge is 2.30. The Bertz CT molecular complexity index is 347. The van der Waals surface area contributed by atoms with Gasteiger partial charge in [-0.3, -0.25) is 4.90 Å². The fourth-order valence-electron chi connectivity index (χ4n) is 1.95. The molecule has 1 saturated heterocycles. The van der Waals surface area contributed by atoms with Gasteiger partial charge in [-0.1, -0.05) is 0 Å². The maximum atomic E-state index is 12.1. The summed E-state index contributed by atoms with van der Waals surface area (Å²) in [5, 5.41) is 3.12. The molecule has 0 amide bonds. The third-order valence-electron chi connectivity index (χ3n) is 3.37. The second kappa shape index (κ2) is 6.32. The van der Waals surface area contributed by atoms with Crippen molar-refractivity contribution in [3.8, 4) is 0 Å². The van der Waals surface area contributed by atoms with Crippen molar-refractivity contribution in [3.63, 3.8) is 0 Å². The number of likely N-dealkylation sites (N-methyl/N-ethyl adjacent to an activating group) is 1. The molecule has 6 heteroatoms. The van der Waals surface area contributed by atoms with Crippen LogP contribution in [0.25, 0.3) is 0 Å². The first kappa shape index (κ1) is 15.9. The molecule has 1 rings (SSSR count). The van der Waals surface area contributed by atoms with E-state index in [2.05, 4.69) is 10.2 Å². The van der Waals surface area contributed by atoms with Gasteiger partial charge in [-0.05, 0) is 27.8 Å². The summed E-state index contributed by atoms with van der Waals surface area (Å²) >= 11 is 0.